The first-order valence-corrected chi connectivity index (χ1v) is 9.83. The number of nitrogens with zero attached hydrogens (tertiary/aromatic N) is 1. The summed E-state index contributed by atoms with van der Waals surface area (Å²) in [6.07, 6.45) is 0. The predicted molar refractivity (Wildman–Crippen MR) is 97.4 cm³/mol. The van der Waals surface area contributed by atoms with Crippen LogP contribution >= 0.6 is 0 Å². The number of rotatable bonds is 8. The summed E-state index contributed by atoms with van der Waals surface area (Å²) in [5.74, 6) is 0.299. The molecule has 1 aromatic carbocycles. The highest BCUT2D eigenvalue weighted by Crippen LogP contribution is 2.30. The number of carbonyl (C=O) groups excluding carboxylic acids is 1. The Morgan fingerprint density at radius 3 is 2.32 bits per heavy atom. The van der Waals surface area contributed by atoms with Crippen LogP contribution in [0.2, 0.25) is 0 Å². The lowest BCUT2D eigenvalue weighted by atomic mass is 10.1. The van der Waals surface area contributed by atoms with Crippen molar-refractivity contribution in [2.75, 3.05) is 12.9 Å². The third kappa shape index (κ3) is 6.45. The minimum atomic E-state index is -3.67. The van der Waals surface area contributed by atoms with E-state index in [4.69, 9.17) is 8.92 Å². The molecule has 0 aliphatic rings. The molecule has 8 heteroatoms. The predicted octanol–water partition coefficient (Wildman–Crippen LogP) is 2.75. The Labute approximate surface area is 150 Å². The monoisotopic (exact) mass is 372 g/mol. The van der Waals surface area contributed by atoms with Crippen LogP contribution in [0.1, 0.15) is 40.2 Å². The third-order valence-corrected chi connectivity index (χ3v) is 4.59. The van der Waals surface area contributed by atoms with Crippen molar-refractivity contribution in [1.29, 1.82) is 0 Å². The standard InChI is InChI=1S/C17H28N2O5S/c1-7-25(21,22)24-16-10-14(8-9-15(16)23-6)11-19(13(4)5)17(20)18-12(2)3/h8-10,12-13H,7,11H2,1-6H3,(H,18,20). The van der Waals surface area contributed by atoms with E-state index in [1.165, 1.54) is 14.0 Å². The van der Waals surface area contributed by atoms with Gasteiger partial charge in [-0.05, 0) is 52.3 Å². The Kier molecular flexibility index (Phi) is 7.54. The Morgan fingerprint density at radius 1 is 1.20 bits per heavy atom. The van der Waals surface area contributed by atoms with Gasteiger partial charge >= 0.3 is 16.1 Å². The van der Waals surface area contributed by atoms with Crippen molar-refractivity contribution in [3.8, 4) is 11.5 Å². The summed E-state index contributed by atoms with van der Waals surface area (Å²) < 4.78 is 33.8. The summed E-state index contributed by atoms with van der Waals surface area (Å²) in [7, 11) is -2.23. The molecule has 25 heavy (non-hydrogen) atoms. The molecule has 0 aliphatic heterocycles. The van der Waals surface area contributed by atoms with Crippen LogP contribution in [0.25, 0.3) is 0 Å². The lowest BCUT2D eigenvalue weighted by molar-refractivity contribution is 0.177. The number of nitrogens with one attached hydrogen (secondary N) is 1. The second-order valence-electron chi connectivity index (χ2n) is 6.24. The van der Waals surface area contributed by atoms with Crippen LogP contribution in [0.4, 0.5) is 4.79 Å². The fraction of sp³-hybridized carbons (Fsp3) is 0.588. The SMILES string of the molecule is CCS(=O)(=O)Oc1cc(CN(C(=O)NC(C)C)C(C)C)ccc1OC. The van der Waals surface area contributed by atoms with Gasteiger partial charge in [-0.15, -0.1) is 0 Å². The van der Waals surface area contributed by atoms with Gasteiger partial charge in [0.2, 0.25) is 0 Å². The molecule has 0 bridgehead atoms. The van der Waals surface area contributed by atoms with Gasteiger partial charge in [0.05, 0.1) is 12.9 Å². The highest BCUT2D eigenvalue weighted by atomic mass is 32.2. The highest BCUT2D eigenvalue weighted by molar-refractivity contribution is 7.87. The van der Waals surface area contributed by atoms with Gasteiger partial charge in [-0.3, -0.25) is 0 Å². The van der Waals surface area contributed by atoms with Crippen molar-refractivity contribution in [3.63, 3.8) is 0 Å². The molecule has 0 aromatic heterocycles. The van der Waals surface area contributed by atoms with Crippen molar-refractivity contribution < 1.29 is 22.1 Å². The van der Waals surface area contributed by atoms with E-state index < -0.39 is 10.1 Å². The number of hydrogen-bond donors (Lipinski definition) is 1. The largest absolute Gasteiger partial charge is 0.493 e. The molecule has 0 fully saturated rings. The molecule has 0 spiro atoms. The van der Waals surface area contributed by atoms with Crippen LogP contribution in [-0.4, -0.2) is 44.3 Å². The van der Waals surface area contributed by atoms with Gasteiger partial charge in [-0.1, -0.05) is 6.07 Å². The van der Waals surface area contributed by atoms with Gasteiger partial charge in [-0.2, -0.15) is 8.42 Å². The average molecular weight is 372 g/mol. The van der Waals surface area contributed by atoms with Crippen molar-refractivity contribution >= 4 is 16.1 Å². The van der Waals surface area contributed by atoms with Crippen LogP contribution in [0.3, 0.4) is 0 Å². The summed E-state index contributed by atoms with van der Waals surface area (Å²) in [4.78, 5) is 14.0. The lowest BCUT2D eigenvalue weighted by Gasteiger charge is -2.28. The fourth-order valence-corrected chi connectivity index (χ4v) is 2.62. The maximum absolute atomic E-state index is 12.3. The number of ether oxygens (including phenoxy) is 1. The van der Waals surface area contributed by atoms with Crippen LogP contribution in [0, 0.1) is 0 Å². The van der Waals surface area contributed by atoms with E-state index in [9.17, 15) is 13.2 Å². The maximum atomic E-state index is 12.3. The van der Waals surface area contributed by atoms with Gasteiger partial charge < -0.3 is 19.1 Å². The molecule has 0 heterocycles. The Hall–Kier alpha value is -1.96. The zero-order valence-corrected chi connectivity index (χ0v) is 16.5. The topological polar surface area (TPSA) is 84.9 Å². The van der Waals surface area contributed by atoms with Crippen LogP contribution in [0.5, 0.6) is 11.5 Å². The smallest absolute Gasteiger partial charge is 0.318 e. The summed E-state index contributed by atoms with van der Waals surface area (Å²) in [6.45, 7) is 9.45. The van der Waals surface area contributed by atoms with Gasteiger partial charge in [0, 0.05) is 18.6 Å². The van der Waals surface area contributed by atoms with Crippen molar-refractivity contribution in [1.82, 2.24) is 10.2 Å². The fourth-order valence-electron chi connectivity index (χ4n) is 2.10. The normalized spacial score (nSPS) is 11.5. The van der Waals surface area contributed by atoms with Crippen molar-refractivity contribution in [2.45, 2.75) is 53.2 Å². The summed E-state index contributed by atoms with van der Waals surface area (Å²) in [5, 5.41) is 2.86. The first kappa shape index (κ1) is 21.1. The number of carbonyl (C=O) groups is 1. The van der Waals surface area contributed by atoms with Crippen LogP contribution in [-0.2, 0) is 16.7 Å². The van der Waals surface area contributed by atoms with Crippen LogP contribution in [0.15, 0.2) is 18.2 Å². The van der Waals surface area contributed by atoms with E-state index in [0.717, 1.165) is 5.56 Å². The molecule has 1 rings (SSSR count). The maximum Gasteiger partial charge on any atom is 0.318 e. The molecule has 142 valence electrons. The number of benzene rings is 1. The second-order valence-corrected chi connectivity index (χ2v) is 8.10. The quantitative estimate of drug-likeness (QED) is 0.709. The molecular weight excluding hydrogens is 344 g/mol. The molecule has 1 N–H and O–H groups in total. The van der Waals surface area contributed by atoms with Gasteiger partial charge in [0.15, 0.2) is 11.5 Å². The number of amides is 2. The van der Waals surface area contributed by atoms with Crippen molar-refractivity contribution in [2.24, 2.45) is 0 Å². The number of hydrogen-bond acceptors (Lipinski definition) is 5. The van der Waals surface area contributed by atoms with Gasteiger partial charge in [0.25, 0.3) is 0 Å². The van der Waals surface area contributed by atoms with E-state index in [-0.39, 0.29) is 29.6 Å². The van der Waals surface area contributed by atoms with E-state index in [0.29, 0.717) is 12.3 Å². The summed E-state index contributed by atoms with van der Waals surface area (Å²) in [6, 6.07) is 4.83. The number of urea groups is 1. The van der Waals surface area contributed by atoms with Crippen molar-refractivity contribution in [3.05, 3.63) is 23.8 Å². The Balaban J connectivity index is 3.09. The average Bonchev–Trinajstić information content (AvgIpc) is 2.51. The molecule has 2 amide bonds. The summed E-state index contributed by atoms with van der Waals surface area (Å²) in [5.41, 5.74) is 0.745. The van der Waals surface area contributed by atoms with E-state index in [1.54, 1.807) is 23.1 Å². The lowest BCUT2D eigenvalue weighted by Crippen LogP contribution is -2.45. The number of methoxy groups -OCH3 is 1. The van der Waals surface area contributed by atoms with Gasteiger partial charge in [0.1, 0.15) is 0 Å². The Bertz CT molecular complexity index is 686. The molecule has 1 aromatic rings. The van der Waals surface area contributed by atoms with E-state index >= 15 is 0 Å². The zero-order chi connectivity index (χ0) is 19.2. The minimum absolute atomic E-state index is 0.0235. The minimum Gasteiger partial charge on any atom is -0.493 e. The molecule has 7 nitrogen and oxygen atoms in total. The van der Waals surface area contributed by atoms with Crippen LogP contribution < -0.4 is 14.2 Å². The molecular formula is C17H28N2O5S. The van der Waals surface area contributed by atoms with E-state index in [2.05, 4.69) is 5.32 Å². The first-order valence-electron chi connectivity index (χ1n) is 8.25. The molecule has 0 saturated carbocycles. The highest BCUT2D eigenvalue weighted by Gasteiger charge is 2.20. The second kappa shape index (κ2) is 8.94. The van der Waals surface area contributed by atoms with Gasteiger partial charge in [-0.25, -0.2) is 4.79 Å². The molecule has 0 unspecified atom stereocenters. The van der Waals surface area contributed by atoms with E-state index in [1.807, 2.05) is 27.7 Å². The Morgan fingerprint density at radius 2 is 1.84 bits per heavy atom. The first-order chi connectivity index (χ1) is 11.6. The molecule has 0 saturated heterocycles. The molecule has 0 atom stereocenters. The third-order valence-electron chi connectivity index (χ3n) is 3.45. The molecule has 0 radical (unpaired) electrons. The molecule has 0 aliphatic carbocycles. The summed E-state index contributed by atoms with van der Waals surface area (Å²) >= 11 is 0. The zero-order valence-electron chi connectivity index (χ0n) is 15.7.